The summed E-state index contributed by atoms with van der Waals surface area (Å²) in [6.07, 6.45) is 11.2. The molecular weight excluding hydrogens is 268 g/mol. The third kappa shape index (κ3) is 3.35. The molecule has 0 bridgehead atoms. The second kappa shape index (κ2) is 6.51. The summed E-state index contributed by atoms with van der Waals surface area (Å²) in [5.74, 6) is 1.10. The second-order valence-corrected chi connectivity index (χ2v) is 8.74. The second-order valence-electron chi connectivity index (χ2n) is 8.74. The van der Waals surface area contributed by atoms with Gasteiger partial charge < -0.3 is 5.11 Å². The Morgan fingerprint density at radius 2 is 1.82 bits per heavy atom. The smallest absolute Gasteiger partial charge is 0.0656 e. The summed E-state index contributed by atoms with van der Waals surface area (Å²) < 4.78 is 0. The molecule has 1 N–H and O–H groups in total. The molecule has 1 heteroatoms. The van der Waals surface area contributed by atoms with Gasteiger partial charge in [0.05, 0.1) is 5.60 Å². The van der Waals surface area contributed by atoms with Gasteiger partial charge >= 0.3 is 0 Å². The summed E-state index contributed by atoms with van der Waals surface area (Å²) >= 11 is 0. The third-order valence-corrected chi connectivity index (χ3v) is 6.76. The Bertz CT molecular complexity index is 429. The highest BCUT2D eigenvalue weighted by Crippen LogP contribution is 2.62. The third-order valence-electron chi connectivity index (χ3n) is 6.76. The Kier molecular flexibility index (Phi) is 5.77. The van der Waals surface area contributed by atoms with E-state index < -0.39 is 5.60 Å². The summed E-state index contributed by atoms with van der Waals surface area (Å²) in [4.78, 5) is 0. The summed E-state index contributed by atoms with van der Waals surface area (Å²) in [6, 6.07) is 0. The summed E-state index contributed by atoms with van der Waals surface area (Å²) in [6.45, 7) is 15.4. The molecule has 2 saturated carbocycles. The van der Waals surface area contributed by atoms with Gasteiger partial charge in [-0.15, -0.1) is 0 Å². The van der Waals surface area contributed by atoms with E-state index in [9.17, 15) is 5.11 Å². The molecule has 4 unspecified atom stereocenters. The van der Waals surface area contributed by atoms with E-state index in [1.807, 2.05) is 6.08 Å². The molecule has 2 aliphatic carbocycles. The van der Waals surface area contributed by atoms with E-state index in [1.54, 1.807) is 0 Å². The number of allylic oxidation sites excluding steroid dienone is 3. The van der Waals surface area contributed by atoms with E-state index in [1.165, 1.54) is 31.3 Å². The molecular formula is C21H38O. The maximum Gasteiger partial charge on any atom is 0.0656 e. The van der Waals surface area contributed by atoms with Crippen LogP contribution in [0.25, 0.3) is 0 Å². The van der Waals surface area contributed by atoms with E-state index in [-0.39, 0.29) is 12.8 Å². The lowest BCUT2D eigenvalue weighted by Gasteiger charge is -2.61. The van der Waals surface area contributed by atoms with Gasteiger partial charge in [0.1, 0.15) is 0 Å². The van der Waals surface area contributed by atoms with E-state index in [0.717, 1.165) is 18.8 Å². The zero-order valence-electron chi connectivity index (χ0n) is 14.7. The molecule has 0 heterocycles. The first-order chi connectivity index (χ1) is 9.63. The topological polar surface area (TPSA) is 20.2 Å². The van der Waals surface area contributed by atoms with Crippen LogP contribution < -0.4 is 0 Å². The molecule has 128 valence electrons. The molecule has 2 fully saturated rings. The Morgan fingerprint density at radius 1 is 1.18 bits per heavy atom. The van der Waals surface area contributed by atoms with Gasteiger partial charge in [0.25, 0.3) is 0 Å². The molecule has 0 amide bonds. The number of fused-ring (bicyclic) bond motifs is 1. The van der Waals surface area contributed by atoms with Crippen LogP contribution in [0.1, 0.15) is 80.6 Å². The number of aliphatic hydroxyl groups is 1. The highest BCUT2D eigenvalue weighted by molar-refractivity contribution is 5.15. The van der Waals surface area contributed by atoms with Crippen molar-refractivity contribution < 1.29 is 5.11 Å². The van der Waals surface area contributed by atoms with Crippen LogP contribution >= 0.6 is 0 Å². The largest absolute Gasteiger partial charge is 0.390 e. The van der Waals surface area contributed by atoms with Gasteiger partial charge in [0, 0.05) is 0 Å². The lowest BCUT2D eigenvalue weighted by atomic mass is 9.45. The van der Waals surface area contributed by atoms with Gasteiger partial charge in [-0.25, -0.2) is 0 Å². The quantitative estimate of drug-likeness (QED) is 0.621. The van der Waals surface area contributed by atoms with Gasteiger partial charge in [-0.1, -0.05) is 58.9 Å². The highest BCUT2D eigenvalue weighted by Gasteiger charge is 2.57. The normalized spacial score (nSPS) is 41.3. The molecule has 0 aromatic heterocycles. The molecule has 1 nitrogen and oxygen atoms in total. The fourth-order valence-electron chi connectivity index (χ4n) is 5.53. The fraction of sp³-hybridized carbons (Fsp3) is 0.810. The van der Waals surface area contributed by atoms with E-state index in [4.69, 9.17) is 0 Å². The van der Waals surface area contributed by atoms with Crippen LogP contribution in [0.5, 0.6) is 0 Å². The first-order valence-electron chi connectivity index (χ1n) is 8.65. The molecule has 0 radical (unpaired) electrons. The molecule has 0 aromatic rings. The minimum absolute atomic E-state index is 0. The van der Waals surface area contributed by atoms with E-state index in [0.29, 0.717) is 11.3 Å². The van der Waals surface area contributed by atoms with Crippen molar-refractivity contribution >= 4 is 0 Å². The van der Waals surface area contributed by atoms with Crippen molar-refractivity contribution in [3.05, 3.63) is 24.3 Å². The van der Waals surface area contributed by atoms with Crippen molar-refractivity contribution in [3.8, 4) is 0 Å². The predicted molar refractivity (Wildman–Crippen MR) is 97.9 cm³/mol. The van der Waals surface area contributed by atoms with Crippen LogP contribution in [0.4, 0.5) is 0 Å². The minimum atomic E-state index is -0.531. The molecule has 4 atom stereocenters. The van der Waals surface area contributed by atoms with Crippen molar-refractivity contribution in [2.45, 2.75) is 86.2 Å². The molecule has 0 saturated heterocycles. The van der Waals surface area contributed by atoms with Crippen LogP contribution in [-0.4, -0.2) is 10.7 Å². The molecule has 2 rings (SSSR count). The molecule has 2 aliphatic rings. The van der Waals surface area contributed by atoms with Crippen LogP contribution in [0.15, 0.2) is 24.3 Å². The van der Waals surface area contributed by atoms with Gasteiger partial charge in [0.15, 0.2) is 0 Å². The van der Waals surface area contributed by atoms with Crippen LogP contribution in [-0.2, 0) is 0 Å². The van der Waals surface area contributed by atoms with Crippen LogP contribution in [0.3, 0.4) is 0 Å². The number of hydrogen-bond donors (Lipinski definition) is 1. The lowest BCUT2D eigenvalue weighted by molar-refractivity contribution is -0.165. The first kappa shape index (κ1) is 19.5. The van der Waals surface area contributed by atoms with Gasteiger partial charge in [0.2, 0.25) is 0 Å². The highest BCUT2D eigenvalue weighted by atomic mass is 16.3. The maximum atomic E-state index is 11.0. The molecule has 0 aliphatic heterocycles. The Labute approximate surface area is 138 Å². The van der Waals surface area contributed by atoms with E-state index in [2.05, 4.69) is 47.3 Å². The number of rotatable bonds is 3. The van der Waals surface area contributed by atoms with Gasteiger partial charge in [-0.3, -0.25) is 0 Å². The van der Waals surface area contributed by atoms with Crippen molar-refractivity contribution in [1.29, 1.82) is 0 Å². The Morgan fingerprint density at radius 3 is 2.41 bits per heavy atom. The Balaban J connectivity index is 0.00000242. The molecule has 0 spiro atoms. The zero-order valence-corrected chi connectivity index (χ0v) is 14.7. The predicted octanol–water partition coefficient (Wildman–Crippen LogP) is 6.14. The first-order valence-corrected chi connectivity index (χ1v) is 8.65. The number of hydrogen-bond acceptors (Lipinski definition) is 1. The maximum absolute atomic E-state index is 11.0. The Hall–Kier alpha value is -0.560. The van der Waals surface area contributed by atoms with Crippen molar-refractivity contribution in [2.75, 3.05) is 0 Å². The minimum Gasteiger partial charge on any atom is -0.390 e. The molecule has 22 heavy (non-hydrogen) atoms. The van der Waals surface area contributed by atoms with Crippen LogP contribution in [0, 0.1) is 22.7 Å². The van der Waals surface area contributed by atoms with E-state index >= 15 is 0 Å². The standard InChI is InChI=1S/C20H34O.CH4/c1-7-15(2)9-10-17-19(5)13-8-12-18(3,4)16(19)11-14-20(17,6)21;/h7,9,16-17,21H,1,8,10-14H2,2-6H3;1H4/b15-9+;. The summed E-state index contributed by atoms with van der Waals surface area (Å²) in [5, 5.41) is 11.0. The zero-order chi connectivity index (χ0) is 15.9. The van der Waals surface area contributed by atoms with Crippen molar-refractivity contribution in [3.63, 3.8) is 0 Å². The van der Waals surface area contributed by atoms with Crippen molar-refractivity contribution in [1.82, 2.24) is 0 Å². The summed E-state index contributed by atoms with van der Waals surface area (Å²) in [7, 11) is 0. The SMILES string of the molecule is C.C=C/C(C)=C/CC1C(C)(O)CCC2C(C)(C)CCCC21C. The monoisotopic (exact) mass is 306 g/mol. The van der Waals surface area contributed by atoms with Crippen molar-refractivity contribution in [2.24, 2.45) is 22.7 Å². The average molecular weight is 307 g/mol. The van der Waals surface area contributed by atoms with Crippen LogP contribution in [0.2, 0.25) is 0 Å². The summed E-state index contributed by atoms with van der Waals surface area (Å²) in [5.41, 5.74) is 1.38. The molecule has 0 aromatic carbocycles. The fourth-order valence-corrected chi connectivity index (χ4v) is 5.53. The lowest BCUT2D eigenvalue weighted by Crippen LogP contribution is -2.57. The van der Waals surface area contributed by atoms with Gasteiger partial charge in [-0.2, -0.15) is 0 Å². The average Bonchev–Trinajstić information content (AvgIpc) is 2.35. The van der Waals surface area contributed by atoms with Gasteiger partial charge in [-0.05, 0) is 68.6 Å².